The lowest BCUT2D eigenvalue weighted by Gasteiger charge is -2.29. The van der Waals surface area contributed by atoms with Crippen LogP contribution in [0.4, 0.5) is 11.8 Å². The fourth-order valence-electron chi connectivity index (χ4n) is 7.09. The number of aliphatic hydroxyl groups is 2. The van der Waals surface area contributed by atoms with E-state index >= 15 is 0 Å². The van der Waals surface area contributed by atoms with Crippen LogP contribution in [0.25, 0.3) is 22.3 Å². The summed E-state index contributed by atoms with van der Waals surface area (Å²) in [7, 11) is -9.77. The monoisotopic (exact) mass is 668 g/mol. The maximum absolute atomic E-state index is 13.8. The third kappa shape index (κ3) is 4.17. The summed E-state index contributed by atoms with van der Waals surface area (Å²) in [6, 6.07) is 0. The number of nitrogens with one attached hydrogen (secondary N) is 1. The zero-order valence-electron chi connectivity index (χ0n) is 22.8. The lowest BCUT2D eigenvalue weighted by molar-refractivity contribution is -0.0564. The number of ether oxygens (including phenoxy) is 1. The number of nitrogens with two attached hydrogens (primary N) is 2. The first-order valence-corrected chi connectivity index (χ1v) is 16.8. The highest BCUT2D eigenvalue weighted by atomic mass is 31.2. The van der Waals surface area contributed by atoms with Crippen molar-refractivity contribution in [3.8, 4) is 0 Å². The predicted molar refractivity (Wildman–Crippen MR) is 148 cm³/mol. The largest absolute Gasteiger partial charge is 0.472 e. The van der Waals surface area contributed by atoms with Gasteiger partial charge < -0.3 is 45.3 Å². The summed E-state index contributed by atoms with van der Waals surface area (Å²) in [6.45, 7) is -1.30. The van der Waals surface area contributed by atoms with Crippen LogP contribution in [-0.2, 0) is 33.0 Å². The molecule has 0 amide bonds. The Kier molecular flexibility index (Phi) is 6.19. The van der Waals surface area contributed by atoms with E-state index in [2.05, 4.69) is 29.9 Å². The van der Waals surface area contributed by atoms with E-state index in [1.807, 2.05) is 0 Å². The number of nitrogen functional groups attached to an aromatic ring is 2. The molecule has 6 heterocycles. The third-order valence-corrected chi connectivity index (χ3v) is 12.0. The number of phosphoric ester groups is 1. The van der Waals surface area contributed by atoms with Gasteiger partial charge in [0.1, 0.15) is 41.9 Å². The average Bonchev–Trinajstić information content (AvgIpc) is 3.27. The van der Waals surface area contributed by atoms with Gasteiger partial charge in [-0.05, 0) is 12.3 Å². The van der Waals surface area contributed by atoms with E-state index in [1.54, 1.807) is 4.57 Å². The van der Waals surface area contributed by atoms with Crippen LogP contribution < -0.4 is 17.0 Å². The number of hydrogen-bond donors (Lipinski definition) is 7. The van der Waals surface area contributed by atoms with E-state index in [0.29, 0.717) is 12.1 Å². The van der Waals surface area contributed by atoms with Gasteiger partial charge in [0, 0.05) is 5.92 Å². The molecule has 4 aromatic heterocycles. The molecule has 11 atom stereocenters. The zero-order valence-corrected chi connectivity index (χ0v) is 24.6. The molecule has 0 bridgehead atoms. The number of hydrogen-bond acceptors (Lipinski definition) is 16. The summed E-state index contributed by atoms with van der Waals surface area (Å²) in [5, 5.41) is 22.9. The summed E-state index contributed by atoms with van der Waals surface area (Å²) in [5.74, 6) is -1.50. The highest BCUT2D eigenvalue weighted by molar-refractivity contribution is 7.53. The second kappa shape index (κ2) is 9.58. The molecule has 9 N–H and O–H groups in total. The van der Waals surface area contributed by atoms with Gasteiger partial charge in [0.15, 0.2) is 28.9 Å². The number of rotatable bonds is 2. The Balaban J connectivity index is 1.13. The van der Waals surface area contributed by atoms with Crippen LogP contribution in [0, 0.1) is 11.8 Å². The van der Waals surface area contributed by atoms with E-state index in [4.69, 9.17) is 29.8 Å². The molecule has 45 heavy (non-hydrogen) atoms. The molecule has 21 nitrogen and oxygen atoms in total. The van der Waals surface area contributed by atoms with Crippen molar-refractivity contribution < 1.29 is 47.4 Å². The van der Waals surface area contributed by atoms with Crippen LogP contribution in [0.3, 0.4) is 0 Å². The fourth-order valence-corrected chi connectivity index (χ4v) is 9.73. The number of fused-ring (bicyclic) bond motifs is 6. The fraction of sp³-hybridized carbons (Fsp3) is 0.545. The van der Waals surface area contributed by atoms with Gasteiger partial charge in [-0.1, -0.05) is 0 Å². The number of phosphoric acid groups is 1. The number of aliphatic hydroxyl groups excluding tert-OH is 2. The molecule has 23 heteroatoms. The van der Waals surface area contributed by atoms with E-state index < -0.39 is 87.9 Å². The van der Waals surface area contributed by atoms with Crippen molar-refractivity contribution in [1.82, 2.24) is 39.0 Å². The van der Waals surface area contributed by atoms with Crippen LogP contribution in [0.5, 0.6) is 0 Å². The summed E-state index contributed by atoms with van der Waals surface area (Å²) in [4.78, 5) is 56.9. The molecule has 2 aliphatic heterocycles. The van der Waals surface area contributed by atoms with E-state index in [0.717, 1.165) is 10.9 Å². The van der Waals surface area contributed by atoms with Gasteiger partial charge in [-0.15, -0.1) is 0 Å². The molecule has 2 saturated carbocycles. The molecule has 3 unspecified atom stereocenters. The van der Waals surface area contributed by atoms with E-state index in [9.17, 15) is 33.9 Å². The Labute approximate surface area is 250 Å². The summed E-state index contributed by atoms with van der Waals surface area (Å²) in [6.07, 6.45) is -3.40. The lowest BCUT2D eigenvalue weighted by atomic mass is 10.0. The molecule has 2 aliphatic carbocycles. The van der Waals surface area contributed by atoms with Crippen LogP contribution in [0.2, 0.25) is 0 Å². The number of H-pyrrole nitrogens is 1. The molecule has 0 spiro atoms. The summed E-state index contributed by atoms with van der Waals surface area (Å²) in [5.41, 5.74) is 8.50. The third-order valence-electron chi connectivity index (χ3n) is 9.15. The molecular formula is C22H26N10O11P2. The summed E-state index contributed by atoms with van der Waals surface area (Å²) < 4.78 is 51.9. The second-order valence-electron chi connectivity index (χ2n) is 11.5. The van der Waals surface area contributed by atoms with Crippen LogP contribution in [0.15, 0.2) is 23.8 Å². The second-order valence-corrected chi connectivity index (χ2v) is 14.9. The van der Waals surface area contributed by atoms with Crippen molar-refractivity contribution in [1.29, 1.82) is 0 Å². The van der Waals surface area contributed by atoms with Gasteiger partial charge >= 0.3 is 15.4 Å². The quantitative estimate of drug-likeness (QED) is 0.116. The molecule has 4 fully saturated rings. The number of aromatic amines is 1. The summed E-state index contributed by atoms with van der Waals surface area (Å²) >= 11 is 0. The number of nitrogens with zero attached hydrogens (tertiary/aromatic N) is 7. The SMILES string of the molecule is Nc1nc2c(ncn2[C@@H]2O[C@@H]3COP(=O)(O)O[C@@H]4[C@@H](COP(=O)(O)[C@H]3[C@H]2O)[C@@H]2CC2(n2cnc3c(N)ncnc32)[C@@H]4O)c(=O)[nH]1. The topological polar surface area (TPSA) is 311 Å². The minimum atomic E-state index is -4.96. The molecule has 4 aromatic rings. The normalized spacial score (nSPS) is 41.4. The Bertz CT molecular complexity index is 2020. The van der Waals surface area contributed by atoms with Gasteiger partial charge in [-0.3, -0.25) is 28.0 Å². The lowest BCUT2D eigenvalue weighted by Crippen LogP contribution is -2.40. The van der Waals surface area contributed by atoms with E-state index in [-0.39, 0.29) is 28.4 Å². The van der Waals surface area contributed by atoms with Crippen molar-refractivity contribution in [3.63, 3.8) is 0 Å². The molecule has 4 aliphatic rings. The van der Waals surface area contributed by atoms with Crippen LogP contribution in [0.1, 0.15) is 12.6 Å². The van der Waals surface area contributed by atoms with Gasteiger partial charge in [0.05, 0.1) is 31.4 Å². The van der Waals surface area contributed by atoms with Crippen LogP contribution in [-0.4, -0.2) is 102 Å². The highest BCUT2D eigenvalue weighted by Gasteiger charge is 2.74. The molecule has 0 radical (unpaired) electrons. The van der Waals surface area contributed by atoms with Gasteiger partial charge in [-0.2, -0.15) is 4.98 Å². The van der Waals surface area contributed by atoms with Gasteiger partial charge in [0.2, 0.25) is 5.95 Å². The molecule has 8 rings (SSSR count). The molecule has 240 valence electrons. The van der Waals surface area contributed by atoms with Gasteiger partial charge in [-0.25, -0.2) is 24.5 Å². The predicted octanol–water partition coefficient (Wildman–Crippen LogP) is -1.83. The minimum absolute atomic E-state index is 0.0847. The minimum Gasteiger partial charge on any atom is -0.388 e. The molecular weight excluding hydrogens is 642 g/mol. The Hall–Kier alpha value is -3.36. The first kappa shape index (κ1) is 29.1. The Morgan fingerprint density at radius 2 is 1.80 bits per heavy atom. The Morgan fingerprint density at radius 3 is 2.60 bits per heavy atom. The van der Waals surface area contributed by atoms with Crippen molar-refractivity contribution in [3.05, 3.63) is 29.3 Å². The number of imidazole rings is 2. The first-order valence-electron chi connectivity index (χ1n) is 13.6. The smallest absolute Gasteiger partial charge is 0.388 e. The maximum Gasteiger partial charge on any atom is 0.472 e. The van der Waals surface area contributed by atoms with Crippen molar-refractivity contribution in [2.24, 2.45) is 11.8 Å². The highest BCUT2D eigenvalue weighted by Crippen LogP contribution is 2.68. The van der Waals surface area contributed by atoms with Crippen molar-refractivity contribution in [2.75, 3.05) is 24.7 Å². The first-order chi connectivity index (χ1) is 21.3. The Morgan fingerprint density at radius 1 is 1.02 bits per heavy atom. The maximum atomic E-state index is 13.8. The standard InChI is InChI=1S/C22H26N10O11P2/c23-16-10-17(26-4-25-16)32(6-28-10)22-1-8(22)7-2-40-44(36,37)14-9(3-41-45(38,39)43-13(7)15(22)34)42-20(12(14)33)31-5-27-11-18(31)29-21(24)30-19(11)35/h4-9,12-15,20,33-34H,1-3H2,(H,36,37)(H,38,39)(H2,23,25,26)(H3,24,29,30,35)/t7-,8-,9+,12+,13+,14+,15+,20+,22?/m0/s1. The molecule has 2 saturated heterocycles. The average molecular weight is 668 g/mol. The van der Waals surface area contributed by atoms with Crippen LogP contribution >= 0.6 is 15.4 Å². The number of aromatic nitrogens is 8. The molecule has 0 aromatic carbocycles. The zero-order chi connectivity index (χ0) is 31.6. The van der Waals surface area contributed by atoms with Crippen molar-refractivity contribution in [2.45, 2.75) is 48.3 Å². The van der Waals surface area contributed by atoms with Gasteiger partial charge in [0.25, 0.3) is 5.56 Å². The van der Waals surface area contributed by atoms with Crippen molar-refractivity contribution >= 4 is 49.5 Å². The van der Waals surface area contributed by atoms with E-state index in [1.165, 1.54) is 12.7 Å². The number of anilines is 2.